The second-order valence-corrected chi connectivity index (χ2v) is 5.66. The molecule has 0 bridgehead atoms. The molecule has 0 spiro atoms. The molecule has 0 saturated heterocycles. The SMILES string of the molecule is Cc1nc2ccccc2n1CCNC(=O)C(C)Oc1ccccc1. The van der Waals surface area contributed by atoms with Gasteiger partial charge in [-0.15, -0.1) is 0 Å². The zero-order valence-corrected chi connectivity index (χ0v) is 13.9. The summed E-state index contributed by atoms with van der Waals surface area (Å²) in [6.45, 7) is 4.93. The fourth-order valence-electron chi connectivity index (χ4n) is 2.67. The highest BCUT2D eigenvalue weighted by atomic mass is 16.5. The quantitative estimate of drug-likeness (QED) is 0.759. The average Bonchev–Trinajstić information content (AvgIpc) is 2.91. The summed E-state index contributed by atoms with van der Waals surface area (Å²) in [6.07, 6.45) is -0.534. The summed E-state index contributed by atoms with van der Waals surface area (Å²) in [5.41, 5.74) is 2.06. The monoisotopic (exact) mass is 323 g/mol. The fraction of sp³-hybridized carbons (Fsp3) is 0.263. The number of amides is 1. The van der Waals surface area contributed by atoms with Crippen LogP contribution >= 0.6 is 0 Å². The highest BCUT2D eigenvalue weighted by molar-refractivity contribution is 5.80. The van der Waals surface area contributed by atoms with Gasteiger partial charge < -0.3 is 14.6 Å². The number of aryl methyl sites for hydroxylation is 1. The maximum absolute atomic E-state index is 12.2. The minimum absolute atomic E-state index is 0.124. The van der Waals surface area contributed by atoms with Crippen LogP contribution in [0.5, 0.6) is 5.75 Å². The zero-order valence-electron chi connectivity index (χ0n) is 13.9. The van der Waals surface area contributed by atoms with Crippen molar-refractivity contribution in [3.8, 4) is 5.75 Å². The van der Waals surface area contributed by atoms with Gasteiger partial charge in [-0.05, 0) is 38.1 Å². The summed E-state index contributed by atoms with van der Waals surface area (Å²) in [5.74, 6) is 1.51. The zero-order chi connectivity index (χ0) is 16.9. The Hall–Kier alpha value is -2.82. The second-order valence-electron chi connectivity index (χ2n) is 5.66. The van der Waals surface area contributed by atoms with E-state index in [2.05, 4.69) is 14.9 Å². The van der Waals surface area contributed by atoms with Crippen molar-refractivity contribution in [3.63, 3.8) is 0 Å². The summed E-state index contributed by atoms with van der Waals surface area (Å²) in [4.78, 5) is 16.7. The van der Waals surface area contributed by atoms with Crippen LogP contribution in [0, 0.1) is 6.92 Å². The molecule has 0 aliphatic heterocycles. The number of rotatable bonds is 6. The summed E-state index contributed by atoms with van der Waals surface area (Å²) in [5, 5.41) is 2.92. The molecule has 0 aliphatic rings. The van der Waals surface area contributed by atoms with E-state index >= 15 is 0 Å². The van der Waals surface area contributed by atoms with Crippen molar-refractivity contribution in [3.05, 3.63) is 60.4 Å². The van der Waals surface area contributed by atoms with Crippen molar-refractivity contribution in [1.29, 1.82) is 0 Å². The van der Waals surface area contributed by atoms with Crippen LogP contribution in [-0.4, -0.2) is 28.1 Å². The van der Waals surface area contributed by atoms with E-state index in [4.69, 9.17) is 4.74 Å². The molecule has 0 saturated carbocycles. The fourth-order valence-corrected chi connectivity index (χ4v) is 2.67. The first kappa shape index (κ1) is 16.1. The molecular weight excluding hydrogens is 302 g/mol. The maximum Gasteiger partial charge on any atom is 0.260 e. The van der Waals surface area contributed by atoms with Gasteiger partial charge in [-0.1, -0.05) is 30.3 Å². The molecule has 1 amide bonds. The van der Waals surface area contributed by atoms with Crippen LogP contribution in [0.3, 0.4) is 0 Å². The number of fused-ring (bicyclic) bond motifs is 1. The standard InChI is InChI=1S/C19H21N3O2/c1-14(24-16-8-4-3-5-9-16)19(23)20-12-13-22-15(2)21-17-10-6-7-11-18(17)22/h3-11,14H,12-13H2,1-2H3,(H,20,23). The van der Waals surface area contributed by atoms with Gasteiger partial charge in [-0.25, -0.2) is 4.98 Å². The van der Waals surface area contributed by atoms with E-state index in [1.807, 2.05) is 61.5 Å². The highest BCUT2D eigenvalue weighted by Gasteiger charge is 2.14. The lowest BCUT2D eigenvalue weighted by Gasteiger charge is -2.15. The minimum atomic E-state index is -0.534. The Balaban J connectivity index is 1.55. The first-order chi connectivity index (χ1) is 11.6. The molecule has 2 aromatic carbocycles. The third-order valence-electron chi connectivity index (χ3n) is 3.91. The van der Waals surface area contributed by atoms with Crippen molar-refractivity contribution >= 4 is 16.9 Å². The molecule has 3 rings (SSSR count). The third-order valence-corrected chi connectivity index (χ3v) is 3.91. The number of carbonyl (C=O) groups excluding carboxylic acids is 1. The normalized spacial score (nSPS) is 12.1. The lowest BCUT2D eigenvalue weighted by atomic mass is 10.3. The first-order valence-corrected chi connectivity index (χ1v) is 8.06. The molecule has 1 heterocycles. The van der Waals surface area contributed by atoms with Crippen LogP contribution < -0.4 is 10.1 Å². The smallest absolute Gasteiger partial charge is 0.260 e. The van der Waals surface area contributed by atoms with Gasteiger partial charge in [0, 0.05) is 13.1 Å². The van der Waals surface area contributed by atoms with Crippen LogP contribution in [0.2, 0.25) is 0 Å². The number of hydrogen-bond acceptors (Lipinski definition) is 3. The number of hydrogen-bond donors (Lipinski definition) is 1. The highest BCUT2D eigenvalue weighted by Crippen LogP contribution is 2.15. The Morgan fingerprint density at radius 2 is 1.88 bits per heavy atom. The lowest BCUT2D eigenvalue weighted by molar-refractivity contribution is -0.127. The third kappa shape index (κ3) is 3.56. The van der Waals surface area contributed by atoms with Crippen LogP contribution in [-0.2, 0) is 11.3 Å². The van der Waals surface area contributed by atoms with Crippen molar-refractivity contribution in [2.24, 2.45) is 0 Å². The number of nitrogens with one attached hydrogen (secondary N) is 1. The van der Waals surface area contributed by atoms with Crippen molar-refractivity contribution in [2.75, 3.05) is 6.54 Å². The molecule has 1 unspecified atom stereocenters. The summed E-state index contributed by atoms with van der Waals surface area (Å²) >= 11 is 0. The van der Waals surface area contributed by atoms with Gasteiger partial charge in [0.15, 0.2) is 6.10 Å². The molecule has 124 valence electrons. The number of carbonyl (C=O) groups is 1. The van der Waals surface area contributed by atoms with E-state index in [0.717, 1.165) is 16.9 Å². The molecule has 0 aliphatic carbocycles. The molecular formula is C19H21N3O2. The molecule has 1 N–H and O–H groups in total. The molecule has 1 atom stereocenters. The van der Waals surface area contributed by atoms with Gasteiger partial charge in [-0.2, -0.15) is 0 Å². The van der Waals surface area contributed by atoms with E-state index in [9.17, 15) is 4.79 Å². The molecule has 0 fully saturated rings. The Morgan fingerprint density at radius 1 is 1.17 bits per heavy atom. The van der Waals surface area contributed by atoms with E-state index in [1.165, 1.54) is 0 Å². The molecule has 5 nitrogen and oxygen atoms in total. The van der Waals surface area contributed by atoms with E-state index in [0.29, 0.717) is 18.8 Å². The van der Waals surface area contributed by atoms with Crippen LogP contribution in [0.4, 0.5) is 0 Å². The average molecular weight is 323 g/mol. The van der Waals surface area contributed by atoms with Gasteiger partial charge in [0.1, 0.15) is 11.6 Å². The molecule has 3 aromatic rings. The van der Waals surface area contributed by atoms with Gasteiger partial charge in [0.25, 0.3) is 5.91 Å². The summed E-state index contributed by atoms with van der Waals surface area (Å²) in [7, 11) is 0. The topological polar surface area (TPSA) is 56.2 Å². The molecule has 5 heteroatoms. The molecule has 24 heavy (non-hydrogen) atoms. The van der Waals surface area contributed by atoms with Crippen molar-refractivity contribution < 1.29 is 9.53 Å². The van der Waals surface area contributed by atoms with Crippen LogP contribution in [0.15, 0.2) is 54.6 Å². The predicted molar refractivity (Wildman–Crippen MR) is 94.0 cm³/mol. The largest absolute Gasteiger partial charge is 0.481 e. The summed E-state index contributed by atoms with van der Waals surface area (Å²) < 4.78 is 7.74. The number of para-hydroxylation sites is 3. The first-order valence-electron chi connectivity index (χ1n) is 8.06. The lowest BCUT2D eigenvalue weighted by Crippen LogP contribution is -2.38. The minimum Gasteiger partial charge on any atom is -0.481 e. The molecule has 1 aromatic heterocycles. The number of nitrogens with zero attached hydrogens (tertiary/aromatic N) is 2. The van der Waals surface area contributed by atoms with E-state index in [-0.39, 0.29) is 5.91 Å². The van der Waals surface area contributed by atoms with E-state index in [1.54, 1.807) is 6.92 Å². The number of aromatic nitrogens is 2. The van der Waals surface area contributed by atoms with E-state index < -0.39 is 6.10 Å². The van der Waals surface area contributed by atoms with Gasteiger partial charge in [-0.3, -0.25) is 4.79 Å². The molecule has 0 radical (unpaired) electrons. The number of ether oxygens (including phenoxy) is 1. The Morgan fingerprint density at radius 3 is 2.67 bits per heavy atom. The van der Waals surface area contributed by atoms with Gasteiger partial charge in [0.2, 0.25) is 0 Å². The van der Waals surface area contributed by atoms with Crippen LogP contribution in [0.25, 0.3) is 11.0 Å². The second kappa shape index (κ2) is 7.17. The maximum atomic E-state index is 12.2. The predicted octanol–water partition coefficient (Wildman–Crippen LogP) is 2.93. The van der Waals surface area contributed by atoms with Gasteiger partial charge >= 0.3 is 0 Å². The Labute approximate surface area is 141 Å². The van der Waals surface area contributed by atoms with Crippen molar-refractivity contribution in [2.45, 2.75) is 26.5 Å². The van der Waals surface area contributed by atoms with Crippen molar-refractivity contribution in [1.82, 2.24) is 14.9 Å². The van der Waals surface area contributed by atoms with Crippen LogP contribution in [0.1, 0.15) is 12.7 Å². The number of benzene rings is 2. The summed E-state index contributed by atoms with van der Waals surface area (Å²) in [6, 6.07) is 17.4. The van der Waals surface area contributed by atoms with Gasteiger partial charge in [0.05, 0.1) is 11.0 Å². The Bertz CT molecular complexity index is 827. The Kier molecular flexibility index (Phi) is 4.79. The number of imidazole rings is 1.